The van der Waals surface area contributed by atoms with Crippen molar-refractivity contribution >= 4 is 40.8 Å². The molecule has 0 saturated carbocycles. The zero-order valence-corrected chi connectivity index (χ0v) is 18.8. The number of nitrogens with zero attached hydrogens (tertiary/aromatic N) is 2. The lowest BCUT2D eigenvalue weighted by Gasteiger charge is -2.16. The van der Waals surface area contributed by atoms with Gasteiger partial charge in [0.1, 0.15) is 11.6 Å². The Morgan fingerprint density at radius 2 is 1.74 bits per heavy atom. The summed E-state index contributed by atoms with van der Waals surface area (Å²) in [6.07, 6.45) is 2.70. The number of carbonyl (C=O) groups excluding carboxylic acids is 3. The van der Waals surface area contributed by atoms with E-state index in [2.05, 4.69) is 25.9 Å². The number of esters is 1. The number of benzene rings is 1. The van der Waals surface area contributed by atoms with Gasteiger partial charge < -0.3 is 31.2 Å². The van der Waals surface area contributed by atoms with Gasteiger partial charge in [0.2, 0.25) is 0 Å². The summed E-state index contributed by atoms with van der Waals surface area (Å²) in [4.78, 5) is 44.4. The minimum atomic E-state index is -0.695. The number of hydrogen-bond donors (Lipinski definition) is 4. The van der Waals surface area contributed by atoms with E-state index in [1.165, 1.54) is 26.6 Å². The molecule has 11 heteroatoms. The lowest BCUT2D eigenvalue weighted by molar-refractivity contribution is 0.0525. The molecule has 3 aromatic rings. The number of hydrogen-bond acceptors (Lipinski definition) is 9. The van der Waals surface area contributed by atoms with E-state index in [1.54, 1.807) is 43.3 Å². The summed E-state index contributed by atoms with van der Waals surface area (Å²) in [6, 6.07) is 9.71. The highest BCUT2D eigenvalue weighted by Gasteiger charge is 2.18. The van der Waals surface area contributed by atoms with Crippen LogP contribution in [-0.2, 0) is 4.74 Å². The molecule has 0 atom stereocenters. The largest absolute Gasteiger partial charge is 0.494 e. The van der Waals surface area contributed by atoms with Crippen LogP contribution in [0.4, 0.5) is 23.0 Å². The van der Waals surface area contributed by atoms with Crippen LogP contribution in [0.15, 0.2) is 48.8 Å². The number of anilines is 4. The van der Waals surface area contributed by atoms with E-state index in [-0.39, 0.29) is 18.1 Å². The molecule has 1 aromatic carbocycles. The van der Waals surface area contributed by atoms with Gasteiger partial charge in [0.05, 0.1) is 41.8 Å². The molecule has 0 saturated heterocycles. The number of rotatable bonds is 9. The maximum atomic E-state index is 12.2. The zero-order valence-electron chi connectivity index (χ0n) is 18.8. The second-order valence-electron chi connectivity index (χ2n) is 6.85. The van der Waals surface area contributed by atoms with Gasteiger partial charge in [0.25, 0.3) is 11.8 Å². The van der Waals surface area contributed by atoms with Crippen molar-refractivity contribution < 1.29 is 23.9 Å². The average Bonchev–Trinajstić information content (AvgIpc) is 2.84. The fraction of sp³-hybridized carbons (Fsp3) is 0.174. The number of nitrogens with one attached hydrogen (secondary N) is 3. The van der Waals surface area contributed by atoms with Crippen molar-refractivity contribution in [3.05, 3.63) is 65.5 Å². The van der Waals surface area contributed by atoms with Gasteiger partial charge in [0.15, 0.2) is 5.75 Å². The molecule has 3 rings (SSSR count). The van der Waals surface area contributed by atoms with Crippen LogP contribution in [0.1, 0.15) is 38.0 Å². The number of nitrogens with two attached hydrogens (primary N) is 1. The van der Waals surface area contributed by atoms with Gasteiger partial charge in [-0.2, -0.15) is 0 Å². The first-order chi connectivity index (χ1) is 16.4. The van der Waals surface area contributed by atoms with Crippen LogP contribution < -0.4 is 26.4 Å². The Morgan fingerprint density at radius 1 is 0.971 bits per heavy atom. The topological polar surface area (TPSA) is 158 Å². The Balaban J connectivity index is 1.91. The predicted molar refractivity (Wildman–Crippen MR) is 126 cm³/mol. The second kappa shape index (κ2) is 10.8. The molecule has 0 aliphatic carbocycles. The Kier molecular flexibility index (Phi) is 7.60. The average molecular weight is 464 g/mol. The molecule has 0 fully saturated rings. The fourth-order valence-corrected chi connectivity index (χ4v) is 3.07. The summed E-state index contributed by atoms with van der Waals surface area (Å²) >= 11 is 0. The summed E-state index contributed by atoms with van der Waals surface area (Å²) in [7, 11) is 2.95. The molecule has 0 spiro atoms. The normalized spacial score (nSPS) is 10.2. The Labute approximate surface area is 195 Å². The van der Waals surface area contributed by atoms with Crippen molar-refractivity contribution in [2.45, 2.75) is 6.92 Å². The lowest BCUT2D eigenvalue weighted by atomic mass is 10.1. The summed E-state index contributed by atoms with van der Waals surface area (Å²) in [6.45, 7) is 1.99. The molecular formula is C23H24N6O5. The smallest absolute Gasteiger partial charge is 0.339 e. The first kappa shape index (κ1) is 24.0. The van der Waals surface area contributed by atoms with Crippen LogP contribution in [-0.4, -0.2) is 48.5 Å². The summed E-state index contributed by atoms with van der Waals surface area (Å²) in [5.41, 5.74) is 7.06. The monoisotopic (exact) mass is 464 g/mol. The van der Waals surface area contributed by atoms with E-state index >= 15 is 0 Å². The van der Waals surface area contributed by atoms with E-state index < -0.39 is 11.9 Å². The number of carbonyl (C=O) groups is 3. The second-order valence-corrected chi connectivity index (χ2v) is 6.85. The van der Waals surface area contributed by atoms with Crippen molar-refractivity contribution in [3.63, 3.8) is 0 Å². The molecule has 0 radical (unpaired) electrons. The third kappa shape index (κ3) is 5.38. The minimum absolute atomic E-state index is 0.128. The van der Waals surface area contributed by atoms with Gasteiger partial charge in [-0.25, -0.2) is 14.8 Å². The Hall–Kier alpha value is -4.67. The molecular weight excluding hydrogens is 440 g/mol. The molecule has 0 aliphatic rings. The predicted octanol–water partition coefficient (Wildman–Crippen LogP) is 2.61. The molecule has 0 aliphatic heterocycles. The highest BCUT2D eigenvalue weighted by Crippen LogP contribution is 2.33. The van der Waals surface area contributed by atoms with Crippen molar-refractivity contribution in [2.75, 3.05) is 31.4 Å². The number of pyridine rings is 2. The van der Waals surface area contributed by atoms with Crippen molar-refractivity contribution in [2.24, 2.45) is 5.73 Å². The molecule has 5 N–H and O–H groups in total. The third-order valence-corrected chi connectivity index (χ3v) is 4.66. The Bertz CT molecular complexity index is 1210. The van der Waals surface area contributed by atoms with Crippen LogP contribution in [0.2, 0.25) is 0 Å². The molecule has 2 heterocycles. The van der Waals surface area contributed by atoms with Gasteiger partial charge >= 0.3 is 5.97 Å². The molecule has 2 amide bonds. The molecule has 34 heavy (non-hydrogen) atoms. The minimum Gasteiger partial charge on any atom is -0.494 e. The van der Waals surface area contributed by atoms with Gasteiger partial charge in [-0.3, -0.25) is 9.59 Å². The van der Waals surface area contributed by atoms with Crippen LogP contribution in [0.3, 0.4) is 0 Å². The quantitative estimate of drug-likeness (QED) is 0.349. The molecule has 176 valence electrons. The molecule has 11 nitrogen and oxygen atoms in total. The SMILES string of the molecule is CCOC(=O)c1ccc(Nc2cc(Nc3cccc(C(=O)NC)c3OC)c(C(N)=O)cn2)nc1. The number of amides is 2. The van der Waals surface area contributed by atoms with Crippen molar-refractivity contribution in [1.29, 1.82) is 0 Å². The highest BCUT2D eigenvalue weighted by atomic mass is 16.5. The number of primary amides is 1. The maximum Gasteiger partial charge on any atom is 0.339 e. The summed E-state index contributed by atoms with van der Waals surface area (Å²) in [5.74, 6) is -0.433. The van der Waals surface area contributed by atoms with E-state index in [0.29, 0.717) is 39.9 Å². The number of methoxy groups -OCH3 is 1. The van der Waals surface area contributed by atoms with E-state index in [1.807, 2.05) is 0 Å². The van der Waals surface area contributed by atoms with Gasteiger partial charge in [-0.1, -0.05) is 6.07 Å². The maximum absolute atomic E-state index is 12.2. The third-order valence-electron chi connectivity index (χ3n) is 4.66. The van der Waals surface area contributed by atoms with E-state index in [4.69, 9.17) is 15.2 Å². The first-order valence-electron chi connectivity index (χ1n) is 10.2. The van der Waals surface area contributed by atoms with Crippen LogP contribution >= 0.6 is 0 Å². The first-order valence-corrected chi connectivity index (χ1v) is 10.2. The van der Waals surface area contributed by atoms with Crippen molar-refractivity contribution in [3.8, 4) is 5.75 Å². The summed E-state index contributed by atoms with van der Waals surface area (Å²) in [5, 5.41) is 8.64. The fourth-order valence-electron chi connectivity index (χ4n) is 3.07. The van der Waals surface area contributed by atoms with E-state index in [0.717, 1.165) is 0 Å². The molecule has 0 bridgehead atoms. The number of ether oxygens (including phenoxy) is 2. The molecule has 2 aromatic heterocycles. The van der Waals surface area contributed by atoms with Crippen molar-refractivity contribution in [1.82, 2.24) is 15.3 Å². The van der Waals surface area contributed by atoms with Crippen LogP contribution in [0.25, 0.3) is 0 Å². The lowest BCUT2D eigenvalue weighted by Crippen LogP contribution is -2.19. The number of aromatic nitrogens is 2. The zero-order chi connectivity index (χ0) is 24.7. The molecule has 0 unspecified atom stereocenters. The van der Waals surface area contributed by atoms with Gasteiger partial charge in [-0.15, -0.1) is 0 Å². The van der Waals surface area contributed by atoms with E-state index in [9.17, 15) is 14.4 Å². The standard InChI is InChI=1S/C23H24N6O5/c1-4-34-23(32)13-8-9-18(26-11-13)29-19-10-17(15(12-27-19)21(24)30)28-16-7-5-6-14(20(16)33-3)22(31)25-2/h5-12H,4H2,1-3H3,(H2,24,30)(H,25,31)(H2,26,27,28,29). The van der Waals surface area contributed by atoms with Crippen LogP contribution in [0.5, 0.6) is 5.75 Å². The summed E-state index contributed by atoms with van der Waals surface area (Å²) < 4.78 is 10.4. The number of para-hydroxylation sites is 1. The van der Waals surface area contributed by atoms with Gasteiger partial charge in [0, 0.05) is 25.5 Å². The van der Waals surface area contributed by atoms with Crippen LogP contribution in [0, 0.1) is 0 Å². The Morgan fingerprint density at radius 3 is 2.35 bits per heavy atom. The highest BCUT2D eigenvalue weighted by molar-refractivity contribution is 6.01. The van der Waals surface area contributed by atoms with Gasteiger partial charge in [-0.05, 0) is 31.2 Å².